The predicted octanol–water partition coefficient (Wildman–Crippen LogP) is 5.16. The maximum Gasteiger partial charge on any atom is 0.151 e. The summed E-state index contributed by atoms with van der Waals surface area (Å²) in [6.45, 7) is 7.84. The fourth-order valence-corrected chi connectivity index (χ4v) is 4.02. The molecule has 0 radical (unpaired) electrons. The number of likely N-dealkylation sites (tertiary alicyclic amines) is 1. The fraction of sp³-hybridized carbons (Fsp3) is 0.565. The van der Waals surface area contributed by atoms with Crippen molar-refractivity contribution in [2.45, 2.75) is 64.8 Å². The number of benzene rings is 1. The smallest absolute Gasteiger partial charge is 0.151 e. The van der Waals surface area contributed by atoms with Crippen molar-refractivity contribution in [3.05, 3.63) is 42.0 Å². The molecular formula is C23H34N4. The van der Waals surface area contributed by atoms with Gasteiger partial charge in [-0.15, -0.1) is 10.2 Å². The van der Waals surface area contributed by atoms with E-state index in [1.165, 1.54) is 50.6 Å². The Bertz CT molecular complexity index is 686. The summed E-state index contributed by atoms with van der Waals surface area (Å²) in [6, 6.07) is 13.2. The third kappa shape index (κ3) is 5.52. The molecule has 2 aromatic rings. The van der Waals surface area contributed by atoms with Crippen LogP contribution in [0, 0.1) is 0 Å². The summed E-state index contributed by atoms with van der Waals surface area (Å²) in [5.74, 6) is 0.981. The Balaban J connectivity index is 1.72. The van der Waals surface area contributed by atoms with Gasteiger partial charge in [0, 0.05) is 18.2 Å². The highest BCUT2D eigenvalue weighted by atomic mass is 15.2. The zero-order valence-corrected chi connectivity index (χ0v) is 17.0. The van der Waals surface area contributed by atoms with E-state index in [0.717, 1.165) is 36.6 Å². The van der Waals surface area contributed by atoms with Gasteiger partial charge in [-0.1, -0.05) is 63.4 Å². The topological polar surface area (TPSA) is 41.1 Å². The predicted molar refractivity (Wildman–Crippen MR) is 114 cm³/mol. The van der Waals surface area contributed by atoms with Crippen LogP contribution in [0.25, 0.3) is 11.3 Å². The van der Waals surface area contributed by atoms with Gasteiger partial charge in [-0.25, -0.2) is 0 Å². The van der Waals surface area contributed by atoms with Gasteiger partial charge in [-0.2, -0.15) is 0 Å². The molecule has 4 nitrogen and oxygen atoms in total. The van der Waals surface area contributed by atoms with Crippen LogP contribution in [0.3, 0.4) is 0 Å². The van der Waals surface area contributed by atoms with Crippen LogP contribution in [0.2, 0.25) is 0 Å². The molecule has 1 saturated heterocycles. The number of nitrogens with one attached hydrogen (secondary N) is 1. The zero-order valence-electron chi connectivity index (χ0n) is 17.0. The normalized spacial score (nSPS) is 17.3. The molecule has 1 fully saturated rings. The van der Waals surface area contributed by atoms with E-state index in [0.29, 0.717) is 6.04 Å². The molecule has 1 aromatic carbocycles. The Morgan fingerprint density at radius 1 is 1.07 bits per heavy atom. The molecule has 146 valence electrons. The monoisotopic (exact) mass is 366 g/mol. The Labute approximate surface area is 164 Å². The SMILES string of the molecule is CCCCCCc1cc(-c2ccccc2)nnc1NCC1CCCN1CC. The van der Waals surface area contributed by atoms with Crippen LogP contribution >= 0.6 is 0 Å². The largest absolute Gasteiger partial charge is 0.367 e. The summed E-state index contributed by atoms with van der Waals surface area (Å²) < 4.78 is 0. The number of nitrogens with zero attached hydrogens (tertiary/aromatic N) is 3. The van der Waals surface area contributed by atoms with E-state index in [9.17, 15) is 0 Å². The molecule has 0 amide bonds. The lowest BCUT2D eigenvalue weighted by molar-refractivity contribution is 0.277. The summed E-state index contributed by atoms with van der Waals surface area (Å²) in [5.41, 5.74) is 3.42. The van der Waals surface area contributed by atoms with Gasteiger partial charge >= 0.3 is 0 Å². The number of rotatable bonds is 10. The van der Waals surface area contributed by atoms with Crippen molar-refractivity contribution >= 4 is 5.82 Å². The molecule has 27 heavy (non-hydrogen) atoms. The van der Waals surface area contributed by atoms with E-state index >= 15 is 0 Å². The quantitative estimate of drug-likeness (QED) is 0.590. The van der Waals surface area contributed by atoms with E-state index in [1.54, 1.807) is 0 Å². The van der Waals surface area contributed by atoms with Gasteiger partial charge in [0.15, 0.2) is 5.82 Å². The first-order valence-corrected chi connectivity index (χ1v) is 10.7. The lowest BCUT2D eigenvalue weighted by Crippen LogP contribution is -2.35. The zero-order chi connectivity index (χ0) is 18.9. The number of hydrogen-bond acceptors (Lipinski definition) is 4. The number of aryl methyl sites for hydroxylation is 1. The standard InChI is InChI=1S/C23H34N4/c1-3-5-6-8-14-20-17-22(19-12-9-7-10-13-19)25-26-23(20)24-18-21-15-11-16-27(21)4-2/h7,9-10,12-13,17,21H,3-6,8,11,14-16,18H2,1-2H3,(H,24,26). The molecule has 1 aromatic heterocycles. The maximum atomic E-state index is 4.59. The minimum atomic E-state index is 0.624. The van der Waals surface area contributed by atoms with Crippen LogP contribution < -0.4 is 5.32 Å². The maximum absolute atomic E-state index is 4.59. The summed E-state index contributed by atoms with van der Waals surface area (Å²) in [4.78, 5) is 2.57. The molecule has 1 aliphatic rings. The molecular weight excluding hydrogens is 332 g/mol. The van der Waals surface area contributed by atoms with Crippen LogP contribution in [0.4, 0.5) is 5.82 Å². The molecule has 0 saturated carbocycles. The molecule has 0 spiro atoms. The Morgan fingerprint density at radius 2 is 1.93 bits per heavy atom. The number of aromatic nitrogens is 2. The lowest BCUT2D eigenvalue weighted by Gasteiger charge is -2.23. The summed E-state index contributed by atoms with van der Waals surface area (Å²) >= 11 is 0. The summed E-state index contributed by atoms with van der Waals surface area (Å²) in [7, 11) is 0. The van der Waals surface area contributed by atoms with Gasteiger partial charge in [-0.05, 0) is 50.4 Å². The molecule has 1 atom stereocenters. The first-order valence-electron chi connectivity index (χ1n) is 10.7. The highest BCUT2D eigenvalue weighted by Gasteiger charge is 2.23. The molecule has 1 unspecified atom stereocenters. The van der Waals surface area contributed by atoms with Gasteiger partial charge in [0.05, 0.1) is 5.69 Å². The minimum Gasteiger partial charge on any atom is -0.367 e. The summed E-state index contributed by atoms with van der Waals surface area (Å²) in [6.07, 6.45) is 8.73. The van der Waals surface area contributed by atoms with E-state index < -0.39 is 0 Å². The van der Waals surface area contributed by atoms with Crippen molar-refractivity contribution in [2.24, 2.45) is 0 Å². The van der Waals surface area contributed by atoms with Gasteiger partial charge in [0.1, 0.15) is 0 Å². The second-order valence-electron chi connectivity index (χ2n) is 7.59. The van der Waals surface area contributed by atoms with Crippen molar-refractivity contribution in [1.82, 2.24) is 15.1 Å². The number of anilines is 1. The van der Waals surface area contributed by atoms with Gasteiger partial charge in [-0.3, -0.25) is 4.90 Å². The third-order valence-corrected chi connectivity index (χ3v) is 5.65. The fourth-order valence-electron chi connectivity index (χ4n) is 4.02. The van der Waals surface area contributed by atoms with Crippen LogP contribution in [-0.4, -0.2) is 40.8 Å². The molecule has 1 N–H and O–H groups in total. The average molecular weight is 367 g/mol. The van der Waals surface area contributed by atoms with E-state index in [2.05, 4.69) is 64.6 Å². The van der Waals surface area contributed by atoms with Crippen molar-refractivity contribution in [3.8, 4) is 11.3 Å². The second-order valence-corrected chi connectivity index (χ2v) is 7.59. The molecule has 3 rings (SSSR count). The van der Waals surface area contributed by atoms with E-state index in [4.69, 9.17) is 0 Å². The Kier molecular flexibility index (Phi) is 7.64. The molecule has 0 bridgehead atoms. The minimum absolute atomic E-state index is 0.624. The first-order chi connectivity index (χ1) is 13.3. The van der Waals surface area contributed by atoms with E-state index in [-0.39, 0.29) is 0 Å². The van der Waals surface area contributed by atoms with E-state index in [1.807, 2.05) is 6.07 Å². The Hall–Kier alpha value is -1.94. The van der Waals surface area contributed by atoms with Crippen molar-refractivity contribution in [1.29, 1.82) is 0 Å². The molecule has 1 aliphatic heterocycles. The highest BCUT2D eigenvalue weighted by molar-refractivity contribution is 5.61. The first kappa shape index (κ1) is 19.8. The van der Waals surface area contributed by atoms with Crippen LogP contribution in [0.15, 0.2) is 36.4 Å². The molecule has 0 aliphatic carbocycles. The average Bonchev–Trinajstić information content (AvgIpc) is 3.18. The number of hydrogen-bond donors (Lipinski definition) is 1. The van der Waals surface area contributed by atoms with Crippen LogP contribution in [0.5, 0.6) is 0 Å². The van der Waals surface area contributed by atoms with Gasteiger partial charge in [0.2, 0.25) is 0 Å². The van der Waals surface area contributed by atoms with Crippen molar-refractivity contribution in [2.75, 3.05) is 25.0 Å². The number of unbranched alkanes of at least 4 members (excludes halogenated alkanes) is 3. The third-order valence-electron chi connectivity index (χ3n) is 5.65. The van der Waals surface area contributed by atoms with Crippen molar-refractivity contribution in [3.63, 3.8) is 0 Å². The van der Waals surface area contributed by atoms with Crippen LogP contribution in [-0.2, 0) is 6.42 Å². The molecule has 2 heterocycles. The molecule has 4 heteroatoms. The van der Waals surface area contributed by atoms with Gasteiger partial charge in [0.25, 0.3) is 0 Å². The summed E-state index contributed by atoms with van der Waals surface area (Å²) in [5, 5.41) is 12.7. The Morgan fingerprint density at radius 3 is 2.70 bits per heavy atom. The van der Waals surface area contributed by atoms with Gasteiger partial charge < -0.3 is 5.32 Å². The van der Waals surface area contributed by atoms with Crippen molar-refractivity contribution < 1.29 is 0 Å². The highest BCUT2D eigenvalue weighted by Crippen LogP contribution is 2.24. The second kappa shape index (κ2) is 10.4. The van der Waals surface area contributed by atoms with Crippen LogP contribution in [0.1, 0.15) is 57.9 Å². The number of likely N-dealkylation sites (N-methyl/N-ethyl adjacent to an activating group) is 1. The lowest BCUT2D eigenvalue weighted by atomic mass is 10.0.